The maximum atomic E-state index is 12.8. The fraction of sp³-hybridized carbons (Fsp3) is 0.273. The van der Waals surface area contributed by atoms with E-state index in [-0.39, 0.29) is 11.9 Å². The van der Waals surface area contributed by atoms with Gasteiger partial charge in [0.1, 0.15) is 0 Å². The van der Waals surface area contributed by atoms with Crippen molar-refractivity contribution in [3.8, 4) is 0 Å². The molecule has 1 atom stereocenters. The summed E-state index contributed by atoms with van der Waals surface area (Å²) in [6.07, 6.45) is 9.04. The molecule has 4 aromatic rings. The Balaban J connectivity index is 1.39. The third-order valence-corrected chi connectivity index (χ3v) is 7.03. The van der Waals surface area contributed by atoms with Crippen LogP contribution in [0, 0.1) is 0 Å². The highest BCUT2D eigenvalue weighted by Gasteiger charge is 2.21. The van der Waals surface area contributed by atoms with E-state index in [4.69, 9.17) is 0 Å². The van der Waals surface area contributed by atoms with Gasteiger partial charge in [0.2, 0.25) is 5.91 Å². The number of carbonyl (C=O) groups is 1. The van der Waals surface area contributed by atoms with Crippen LogP contribution in [0.1, 0.15) is 46.1 Å². The predicted molar refractivity (Wildman–Crippen MR) is 114 cm³/mol. The monoisotopic (exact) mass is 407 g/mol. The molecule has 1 aliphatic rings. The third kappa shape index (κ3) is 3.50. The van der Waals surface area contributed by atoms with Gasteiger partial charge in [-0.3, -0.25) is 9.20 Å². The molecule has 1 aliphatic carbocycles. The molecule has 1 aromatic carbocycles. The van der Waals surface area contributed by atoms with E-state index < -0.39 is 0 Å². The quantitative estimate of drug-likeness (QED) is 0.517. The van der Waals surface area contributed by atoms with E-state index in [1.165, 1.54) is 36.0 Å². The number of aryl methyl sites for hydroxylation is 2. The van der Waals surface area contributed by atoms with Gasteiger partial charge in [-0.1, -0.05) is 24.3 Å². The number of carbonyl (C=O) groups excluding carboxylic acids is 1. The average molecular weight is 408 g/mol. The van der Waals surface area contributed by atoms with Crippen LogP contribution in [0.15, 0.2) is 53.5 Å². The van der Waals surface area contributed by atoms with Gasteiger partial charge in [-0.2, -0.15) is 0 Å². The molecule has 1 amide bonds. The number of imidazole rings is 1. The summed E-state index contributed by atoms with van der Waals surface area (Å²) in [5.41, 5.74) is 4.88. The number of rotatable bonds is 5. The van der Waals surface area contributed by atoms with Crippen molar-refractivity contribution in [1.29, 1.82) is 0 Å². The molecule has 0 saturated heterocycles. The first-order chi connectivity index (χ1) is 13.8. The van der Waals surface area contributed by atoms with Gasteiger partial charge in [-0.25, -0.2) is 4.98 Å². The lowest BCUT2D eigenvalue weighted by atomic mass is 9.89. The van der Waals surface area contributed by atoms with Gasteiger partial charge in [-0.05, 0) is 53.8 Å². The lowest BCUT2D eigenvalue weighted by Gasteiger charge is -2.22. The van der Waals surface area contributed by atoms with Crippen molar-refractivity contribution in [3.63, 3.8) is 0 Å². The summed E-state index contributed by atoms with van der Waals surface area (Å²) < 4.78 is 1.97. The van der Waals surface area contributed by atoms with Crippen LogP contribution in [0.3, 0.4) is 0 Å². The smallest absolute Gasteiger partial charge is 0.226 e. The number of hydrogen-bond acceptors (Lipinski definition) is 4. The molecule has 28 heavy (non-hydrogen) atoms. The Hall–Kier alpha value is -2.44. The van der Waals surface area contributed by atoms with E-state index in [0.29, 0.717) is 6.42 Å². The number of nitrogens with one attached hydrogen (secondary N) is 1. The normalized spacial score (nSPS) is 14.7. The summed E-state index contributed by atoms with van der Waals surface area (Å²) in [7, 11) is 0. The number of hydrogen-bond donors (Lipinski definition) is 1. The van der Waals surface area contributed by atoms with Gasteiger partial charge < -0.3 is 5.32 Å². The molecule has 1 N–H and O–H groups in total. The van der Waals surface area contributed by atoms with Crippen LogP contribution in [-0.2, 0) is 24.1 Å². The fourth-order valence-corrected chi connectivity index (χ4v) is 5.47. The van der Waals surface area contributed by atoms with Crippen molar-refractivity contribution < 1.29 is 4.79 Å². The average Bonchev–Trinajstić information content (AvgIpc) is 3.43. The standard InChI is InChI=1S/C22H21N3OS2/c26-20(13-18-14-25-9-11-28-22(25)23-18)24-21(19-6-3-10-27-19)17-8-7-15-4-1-2-5-16(15)12-17/h3,6-12,14,21H,1-2,4-5,13H2,(H,24,26)/t21-/m0/s1. The van der Waals surface area contributed by atoms with Crippen molar-refractivity contribution in [2.45, 2.75) is 38.1 Å². The molecular weight excluding hydrogens is 386 g/mol. The first-order valence-corrected chi connectivity index (χ1v) is 11.4. The first-order valence-electron chi connectivity index (χ1n) is 9.62. The second-order valence-corrected chi connectivity index (χ2v) is 9.11. The van der Waals surface area contributed by atoms with Gasteiger partial charge in [0.15, 0.2) is 4.96 Å². The van der Waals surface area contributed by atoms with Crippen molar-refractivity contribution in [1.82, 2.24) is 14.7 Å². The third-order valence-electron chi connectivity index (χ3n) is 5.32. The van der Waals surface area contributed by atoms with Crippen LogP contribution in [0.25, 0.3) is 4.96 Å². The van der Waals surface area contributed by atoms with E-state index in [1.54, 1.807) is 22.7 Å². The fourth-order valence-electron chi connectivity index (χ4n) is 3.94. The zero-order valence-corrected chi connectivity index (χ0v) is 17.1. The van der Waals surface area contributed by atoms with Gasteiger partial charge in [0.25, 0.3) is 0 Å². The molecule has 0 aliphatic heterocycles. The molecule has 0 bridgehead atoms. The summed E-state index contributed by atoms with van der Waals surface area (Å²) in [5.74, 6) is 0.00173. The molecular formula is C22H21N3OS2. The molecule has 6 heteroatoms. The summed E-state index contributed by atoms with van der Waals surface area (Å²) in [6.45, 7) is 0. The number of fused-ring (bicyclic) bond motifs is 2. The minimum absolute atomic E-state index is 0.00173. The lowest BCUT2D eigenvalue weighted by molar-refractivity contribution is -0.121. The Bertz CT molecular complexity index is 1080. The van der Waals surface area contributed by atoms with Crippen molar-refractivity contribution in [3.05, 3.63) is 80.7 Å². The Morgan fingerprint density at radius 3 is 2.86 bits per heavy atom. The Labute approximate surface area is 171 Å². The van der Waals surface area contributed by atoms with Crippen molar-refractivity contribution in [2.24, 2.45) is 0 Å². The van der Waals surface area contributed by atoms with E-state index in [0.717, 1.165) is 22.0 Å². The Morgan fingerprint density at radius 2 is 2.04 bits per heavy atom. The van der Waals surface area contributed by atoms with E-state index >= 15 is 0 Å². The Kier molecular flexibility index (Phi) is 4.74. The minimum Gasteiger partial charge on any atom is -0.344 e. The van der Waals surface area contributed by atoms with Crippen LogP contribution < -0.4 is 5.32 Å². The zero-order valence-electron chi connectivity index (χ0n) is 15.4. The van der Waals surface area contributed by atoms with Crippen molar-refractivity contribution in [2.75, 3.05) is 0 Å². The van der Waals surface area contributed by atoms with E-state index in [9.17, 15) is 4.79 Å². The molecule has 4 nitrogen and oxygen atoms in total. The van der Waals surface area contributed by atoms with Crippen LogP contribution in [0.2, 0.25) is 0 Å². The second kappa shape index (κ2) is 7.53. The van der Waals surface area contributed by atoms with E-state index in [1.807, 2.05) is 28.2 Å². The molecule has 0 radical (unpaired) electrons. The SMILES string of the molecule is O=C(Cc1cn2ccsc2n1)N[C@@H](c1ccc2c(c1)CCCC2)c1cccs1. The number of thiophene rings is 1. The highest BCUT2D eigenvalue weighted by molar-refractivity contribution is 7.15. The van der Waals surface area contributed by atoms with Gasteiger partial charge in [0, 0.05) is 22.7 Å². The van der Waals surface area contributed by atoms with Crippen LogP contribution in [0.5, 0.6) is 0 Å². The molecule has 0 unspecified atom stereocenters. The lowest BCUT2D eigenvalue weighted by Crippen LogP contribution is -2.30. The molecule has 3 aromatic heterocycles. The second-order valence-electron chi connectivity index (χ2n) is 7.25. The molecule has 5 rings (SSSR count). The minimum atomic E-state index is -0.108. The molecule has 142 valence electrons. The maximum Gasteiger partial charge on any atom is 0.226 e. The number of nitrogens with zero attached hydrogens (tertiary/aromatic N) is 2. The number of aromatic nitrogens is 2. The zero-order chi connectivity index (χ0) is 18.9. The largest absolute Gasteiger partial charge is 0.344 e. The highest BCUT2D eigenvalue weighted by Crippen LogP contribution is 2.30. The number of benzene rings is 1. The Morgan fingerprint density at radius 1 is 1.14 bits per heavy atom. The topological polar surface area (TPSA) is 46.4 Å². The number of amides is 1. The molecule has 0 fully saturated rings. The van der Waals surface area contributed by atoms with Crippen LogP contribution in [0.4, 0.5) is 0 Å². The highest BCUT2D eigenvalue weighted by atomic mass is 32.1. The van der Waals surface area contributed by atoms with Gasteiger partial charge in [-0.15, -0.1) is 22.7 Å². The van der Waals surface area contributed by atoms with Gasteiger partial charge in [0.05, 0.1) is 18.2 Å². The van der Waals surface area contributed by atoms with Gasteiger partial charge >= 0.3 is 0 Å². The summed E-state index contributed by atoms with van der Waals surface area (Å²) in [4.78, 5) is 19.4. The predicted octanol–water partition coefficient (Wildman–Crippen LogP) is 4.78. The molecule has 0 spiro atoms. The van der Waals surface area contributed by atoms with Crippen LogP contribution in [-0.4, -0.2) is 15.3 Å². The molecule has 3 heterocycles. The summed E-state index contributed by atoms with van der Waals surface area (Å²) in [6, 6.07) is 10.8. The summed E-state index contributed by atoms with van der Waals surface area (Å²) >= 11 is 3.26. The molecule has 0 saturated carbocycles. The maximum absolute atomic E-state index is 12.8. The first kappa shape index (κ1) is 17.6. The van der Waals surface area contributed by atoms with Crippen LogP contribution >= 0.6 is 22.7 Å². The van der Waals surface area contributed by atoms with E-state index in [2.05, 4.69) is 39.9 Å². The number of thiazole rings is 1. The van der Waals surface area contributed by atoms with Crippen molar-refractivity contribution >= 4 is 33.5 Å². The summed E-state index contributed by atoms with van der Waals surface area (Å²) in [5, 5.41) is 7.31.